The zero-order chi connectivity index (χ0) is 17.4. The number of fused-ring (bicyclic) bond motifs is 1. The van der Waals surface area contributed by atoms with Gasteiger partial charge in [-0.05, 0) is 36.4 Å². The highest BCUT2D eigenvalue weighted by molar-refractivity contribution is 7.17. The third-order valence-electron chi connectivity index (χ3n) is 5.08. The van der Waals surface area contributed by atoms with Crippen LogP contribution in [0, 0.1) is 5.82 Å². The van der Waals surface area contributed by atoms with E-state index in [1.807, 2.05) is 6.07 Å². The van der Waals surface area contributed by atoms with Crippen molar-refractivity contribution in [3.63, 3.8) is 0 Å². The summed E-state index contributed by atoms with van der Waals surface area (Å²) in [5, 5.41) is 2.08. The maximum Gasteiger partial charge on any atom is 0.270 e. The van der Waals surface area contributed by atoms with Crippen molar-refractivity contribution in [3.8, 4) is 0 Å². The highest BCUT2D eigenvalue weighted by atomic mass is 32.1. The van der Waals surface area contributed by atoms with E-state index in [2.05, 4.69) is 16.0 Å². The van der Waals surface area contributed by atoms with Crippen LogP contribution in [0.15, 0.2) is 41.8 Å². The molecule has 0 atom stereocenters. The van der Waals surface area contributed by atoms with Gasteiger partial charge in [0.05, 0.1) is 10.2 Å². The van der Waals surface area contributed by atoms with E-state index in [1.54, 1.807) is 41.5 Å². The normalized spacial score (nSPS) is 15.1. The molecule has 0 saturated heterocycles. The predicted molar refractivity (Wildman–Crippen MR) is 99.5 cm³/mol. The van der Waals surface area contributed by atoms with E-state index in [-0.39, 0.29) is 18.3 Å². The van der Waals surface area contributed by atoms with Crippen LogP contribution in [0.2, 0.25) is 0 Å². The van der Waals surface area contributed by atoms with Gasteiger partial charge in [-0.2, -0.15) is 0 Å². The number of carbonyl (C=O) groups is 1. The van der Waals surface area contributed by atoms with Crippen molar-refractivity contribution in [2.24, 2.45) is 0 Å². The third-order valence-corrected chi connectivity index (χ3v) is 5.93. The zero-order valence-electron chi connectivity index (χ0n) is 14.2. The Morgan fingerprint density at radius 3 is 2.80 bits per heavy atom. The van der Waals surface area contributed by atoms with Gasteiger partial charge in [-0.15, -0.1) is 11.3 Å². The molecule has 0 bridgehead atoms. The van der Waals surface area contributed by atoms with E-state index in [0.717, 1.165) is 28.8 Å². The summed E-state index contributed by atoms with van der Waals surface area (Å²) in [6, 6.07) is 11.1. The highest BCUT2D eigenvalue weighted by Gasteiger charge is 2.26. The number of aromatic nitrogens is 1. The van der Waals surface area contributed by atoms with Crippen LogP contribution in [0.1, 0.15) is 47.8 Å². The van der Waals surface area contributed by atoms with Crippen LogP contribution in [0.3, 0.4) is 0 Å². The van der Waals surface area contributed by atoms with Gasteiger partial charge in [-0.3, -0.25) is 4.79 Å². The van der Waals surface area contributed by atoms with Crippen molar-refractivity contribution in [3.05, 3.63) is 58.9 Å². The molecule has 3 nitrogen and oxygen atoms in total. The molecule has 1 aliphatic rings. The molecule has 3 aromatic rings. The van der Waals surface area contributed by atoms with Crippen LogP contribution in [-0.4, -0.2) is 22.4 Å². The summed E-state index contributed by atoms with van der Waals surface area (Å²) >= 11 is 1.67. The first-order valence-electron chi connectivity index (χ1n) is 8.72. The molecule has 2 heterocycles. The molecule has 0 N–H and O–H groups in total. The number of rotatable bonds is 4. The van der Waals surface area contributed by atoms with E-state index < -0.39 is 0 Å². The Morgan fingerprint density at radius 1 is 1.28 bits per heavy atom. The van der Waals surface area contributed by atoms with Gasteiger partial charge in [0, 0.05) is 25.2 Å². The lowest BCUT2D eigenvalue weighted by molar-refractivity contribution is 0.0771. The summed E-state index contributed by atoms with van der Waals surface area (Å²) in [5.41, 5.74) is 2.42. The Balaban J connectivity index is 1.66. The minimum absolute atomic E-state index is 0.0430. The second kappa shape index (κ2) is 6.64. The molecular weight excluding hydrogens is 335 g/mol. The van der Waals surface area contributed by atoms with Crippen molar-refractivity contribution >= 4 is 27.5 Å². The number of amides is 1. The fourth-order valence-corrected chi connectivity index (χ4v) is 4.63. The SMILES string of the molecule is CN(Cc1ccccc1F)C(=O)c1cc2sccc2n1C1CCCC1. The van der Waals surface area contributed by atoms with Gasteiger partial charge in [0.25, 0.3) is 5.91 Å². The lowest BCUT2D eigenvalue weighted by atomic mass is 10.2. The molecule has 130 valence electrons. The van der Waals surface area contributed by atoms with Gasteiger partial charge < -0.3 is 9.47 Å². The van der Waals surface area contributed by atoms with E-state index in [0.29, 0.717) is 11.6 Å². The van der Waals surface area contributed by atoms with Gasteiger partial charge in [-0.25, -0.2) is 4.39 Å². The largest absolute Gasteiger partial charge is 0.336 e. The second-order valence-corrected chi connectivity index (χ2v) is 7.71. The molecule has 25 heavy (non-hydrogen) atoms. The van der Waals surface area contributed by atoms with Gasteiger partial charge in [0.15, 0.2) is 0 Å². The molecular formula is C20H21FN2OS. The van der Waals surface area contributed by atoms with Crippen molar-refractivity contribution in [2.75, 3.05) is 7.05 Å². The minimum atomic E-state index is -0.269. The van der Waals surface area contributed by atoms with Crippen LogP contribution in [0.25, 0.3) is 10.2 Å². The van der Waals surface area contributed by atoms with Gasteiger partial charge in [0.2, 0.25) is 0 Å². The van der Waals surface area contributed by atoms with Crippen LogP contribution >= 0.6 is 11.3 Å². The van der Waals surface area contributed by atoms with Crippen LogP contribution in [-0.2, 0) is 6.54 Å². The summed E-state index contributed by atoms with van der Waals surface area (Å²) < 4.78 is 17.3. The summed E-state index contributed by atoms with van der Waals surface area (Å²) in [7, 11) is 1.74. The average molecular weight is 356 g/mol. The third kappa shape index (κ3) is 2.97. The molecule has 1 fully saturated rings. The van der Waals surface area contributed by atoms with E-state index in [9.17, 15) is 9.18 Å². The number of halogens is 1. The second-order valence-electron chi connectivity index (χ2n) is 6.76. The first kappa shape index (κ1) is 16.3. The maximum absolute atomic E-state index is 13.9. The molecule has 0 spiro atoms. The number of hydrogen-bond acceptors (Lipinski definition) is 2. The molecule has 5 heteroatoms. The average Bonchev–Trinajstić information content (AvgIpc) is 3.32. The van der Waals surface area contributed by atoms with Gasteiger partial charge >= 0.3 is 0 Å². The molecule has 1 saturated carbocycles. The van der Waals surface area contributed by atoms with E-state index in [4.69, 9.17) is 0 Å². The first-order valence-corrected chi connectivity index (χ1v) is 9.60. The Hall–Kier alpha value is -2.14. The molecule has 0 radical (unpaired) electrons. The Labute approximate surface area is 150 Å². The monoisotopic (exact) mass is 356 g/mol. The number of benzene rings is 1. The molecule has 0 unspecified atom stereocenters. The van der Waals surface area contributed by atoms with Crippen LogP contribution in [0.5, 0.6) is 0 Å². The van der Waals surface area contributed by atoms with Crippen molar-refractivity contribution in [1.82, 2.24) is 9.47 Å². The first-order chi connectivity index (χ1) is 12.1. The molecule has 1 aromatic carbocycles. The number of nitrogens with zero attached hydrogens (tertiary/aromatic N) is 2. The lowest BCUT2D eigenvalue weighted by Crippen LogP contribution is -2.29. The summed E-state index contributed by atoms with van der Waals surface area (Å²) in [6.07, 6.45) is 4.67. The van der Waals surface area contributed by atoms with Crippen molar-refractivity contribution in [1.29, 1.82) is 0 Å². The highest BCUT2D eigenvalue weighted by Crippen LogP contribution is 2.36. The standard InChI is InChI=1S/C20H21FN2OS/c1-22(13-14-6-2-5-9-16(14)21)20(24)18-12-19-17(10-11-25-19)23(18)15-7-3-4-8-15/h2,5-6,9-12,15H,3-4,7-8,13H2,1H3. The Kier molecular flexibility index (Phi) is 4.34. The maximum atomic E-state index is 13.9. The molecule has 1 aliphatic carbocycles. The minimum Gasteiger partial charge on any atom is -0.336 e. The van der Waals surface area contributed by atoms with Crippen LogP contribution < -0.4 is 0 Å². The van der Waals surface area contributed by atoms with Gasteiger partial charge in [0.1, 0.15) is 11.5 Å². The molecule has 2 aromatic heterocycles. The van der Waals surface area contributed by atoms with Crippen molar-refractivity contribution < 1.29 is 9.18 Å². The van der Waals surface area contributed by atoms with E-state index >= 15 is 0 Å². The summed E-state index contributed by atoms with van der Waals surface area (Å²) in [6.45, 7) is 0.273. The topological polar surface area (TPSA) is 25.2 Å². The number of hydrogen-bond donors (Lipinski definition) is 0. The van der Waals surface area contributed by atoms with E-state index in [1.165, 1.54) is 18.9 Å². The number of carbonyl (C=O) groups excluding carboxylic acids is 1. The molecule has 1 amide bonds. The molecule has 4 rings (SSSR count). The fraction of sp³-hybridized carbons (Fsp3) is 0.350. The quantitative estimate of drug-likeness (QED) is 0.628. The summed E-state index contributed by atoms with van der Waals surface area (Å²) in [5.74, 6) is -0.312. The van der Waals surface area contributed by atoms with Crippen LogP contribution in [0.4, 0.5) is 4.39 Å². The Morgan fingerprint density at radius 2 is 2.04 bits per heavy atom. The molecule has 0 aliphatic heterocycles. The fourth-order valence-electron chi connectivity index (χ4n) is 3.81. The predicted octanol–water partition coefficient (Wildman–Crippen LogP) is 5.23. The zero-order valence-corrected chi connectivity index (χ0v) is 15.1. The van der Waals surface area contributed by atoms with Crippen molar-refractivity contribution in [2.45, 2.75) is 38.3 Å². The summed E-state index contributed by atoms with van der Waals surface area (Å²) in [4.78, 5) is 14.7. The lowest BCUT2D eigenvalue weighted by Gasteiger charge is -2.22. The smallest absolute Gasteiger partial charge is 0.270 e. The number of thiophene rings is 1. The van der Waals surface area contributed by atoms with Gasteiger partial charge in [-0.1, -0.05) is 31.0 Å². The Bertz CT molecular complexity index is 907.